The van der Waals surface area contributed by atoms with Crippen LogP contribution in [-0.2, 0) is 9.59 Å². The number of benzene rings is 2. The Bertz CT molecular complexity index is 1030. The lowest BCUT2D eigenvalue weighted by Crippen LogP contribution is -2.35. The quantitative estimate of drug-likeness (QED) is 0.288. The fourth-order valence-electron chi connectivity index (χ4n) is 2.64. The van der Waals surface area contributed by atoms with Crippen LogP contribution in [0.1, 0.15) is 15.9 Å². The van der Waals surface area contributed by atoms with Crippen LogP contribution in [0.5, 0.6) is 17.2 Å². The summed E-state index contributed by atoms with van der Waals surface area (Å²) in [4.78, 5) is 48.6. The Hall–Kier alpha value is -3.59. The molecule has 1 saturated heterocycles. The number of rotatable bonds is 7. The highest BCUT2D eigenvalue weighted by molar-refractivity contribution is 8.18. The lowest BCUT2D eigenvalue weighted by molar-refractivity contribution is -0.138. The molecule has 2 amide bonds. The molecule has 154 valence electrons. The molecule has 0 unspecified atom stereocenters. The highest BCUT2D eigenvalue weighted by Gasteiger charge is 2.36. The van der Waals surface area contributed by atoms with E-state index in [0.29, 0.717) is 28.9 Å². The van der Waals surface area contributed by atoms with Crippen LogP contribution in [0.4, 0.5) is 4.79 Å². The first-order valence-electron chi connectivity index (χ1n) is 8.68. The third-order valence-electron chi connectivity index (χ3n) is 4.11. The molecule has 0 atom stereocenters. The van der Waals surface area contributed by atoms with Gasteiger partial charge in [-0.3, -0.25) is 19.3 Å². The fourth-order valence-corrected chi connectivity index (χ4v) is 3.48. The van der Waals surface area contributed by atoms with Gasteiger partial charge in [-0.25, -0.2) is 4.79 Å². The molecule has 2 aromatic carbocycles. The molecule has 0 aromatic heterocycles. The van der Waals surface area contributed by atoms with Crippen LogP contribution in [0.25, 0.3) is 6.08 Å². The maximum atomic E-state index is 12.6. The minimum Gasteiger partial charge on any atom is -0.493 e. The van der Waals surface area contributed by atoms with Gasteiger partial charge < -0.3 is 14.2 Å². The average molecular weight is 427 g/mol. The first kappa shape index (κ1) is 21.1. The monoisotopic (exact) mass is 427 g/mol. The van der Waals surface area contributed by atoms with E-state index in [1.807, 2.05) is 0 Å². The molecule has 2 aromatic rings. The SMILES string of the molecule is COc1ccc(C=C2SC(=O)N(CC(=O)Oc3ccc(C=O)cc3)C2=O)cc1OC. The van der Waals surface area contributed by atoms with Gasteiger partial charge in [0.05, 0.1) is 19.1 Å². The highest BCUT2D eigenvalue weighted by atomic mass is 32.2. The molecule has 9 heteroatoms. The molecule has 1 heterocycles. The van der Waals surface area contributed by atoms with Crippen molar-refractivity contribution in [3.05, 3.63) is 58.5 Å². The number of aldehydes is 1. The summed E-state index contributed by atoms with van der Waals surface area (Å²) in [7, 11) is 3.01. The lowest BCUT2D eigenvalue weighted by Gasteiger charge is -2.11. The molecule has 30 heavy (non-hydrogen) atoms. The zero-order valence-electron chi connectivity index (χ0n) is 16.1. The maximum Gasteiger partial charge on any atom is 0.331 e. The highest BCUT2D eigenvalue weighted by Crippen LogP contribution is 2.34. The van der Waals surface area contributed by atoms with Crippen molar-refractivity contribution < 1.29 is 33.4 Å². The third-order valence-corrected chi connectivity index (χ3v) is 5.02. The number of thioether (sulfide) groups is 1. The number of hydrogen-bond acceptors (Lipinski definition) is 8. The van der Waals surface area contributed by atoms with Crippen LogP contribution in [-0.4, -0.2) is 49.1 Å². The first-order chi connectivity index (χ1) is 14.4. The van der Waals surface area contributed by atoms with E-state index in [0.717, 1.165) is 16.7 Å². The number of carbonyl (C=O) groups is 4. The van der Waals surface area contributed by atoms with Gasteiger partial charge in [0, 0.05) is 5.56 Å². The molecule has 0 aliphatic carbocycles. The van der Waals surface area contributed by atoms with Crippen molar-refractivity contribution in [2.24, 2.45) is 0 Å². The summed E-state index contributed by atoms with van der Waals surface area (Å²) in [5, 5.41) is -0.569. The van der Waals surface area contributed by atoms with Crippen molar-refractivity contribution in [3.63, 3.8) is 0 Å². The number of nitrogens with zero attached hydrogens (tertiary/aromatic N) is 1. The first-order valence-corrected chi connectivity index (χ1v) is 9.50. The van der Waals surface area contributed by atoms with E-state index < -0.39 is 23.7 Å². The summed E-state index contributed by atoms with van der Waals surface area (Å²) in [5.74, 6) is -0.142. The van der Waals surface area contributed by atoms with Crippen molar-refractivity contribution in [2.75, 3.05) is 20.8 Å². The van der Waals surface area contributed by atoms with E-state index in [1.165, 1.54) is 44.6 Å². The Morgan fingerprint density at radius 3 is 2.30 bits per heavy atom. The molecule has 0 spiro atoms. The molecule has 0 bridgehead atoms. The Labute approximate surface area is 176 Å². The maximum absolute atomic E-state index is 12.6. The van der Waals surface area contributed by atoms with Crippen molar-refractivity contribution in [3.8, 4) is 17.2 Å². The minimum atomic E-state index is -0.775. The van der Waals surface area contributed by atoms with E-state index in [4.69, 9.17) is 14.2 Å². The summed E-state index contributed by atoms with van der Waals surface area (Å²) in [6.45, 7) is -0.524. The van der Waals surface area contributed by atoms with Crippen LogP contribution in [0.15, 0.2) is 47.4 Å². The average Bonchev–Trinajstić information content (AvgIpc) is 3.01. The van der Waals surface area contributed by atoms with Crippen LogP contribution in [0, 0.1) is 0 Å². The van der Waals surface area contributed by atoms with E-state index in [9.17, 15) is 19.2 Å². The van der Waals surface area contributed by atoms with E-state index >= 15 is 0 Å². The molecule has 0 radical (unpaired) electrons. The number of hydrogen-bond donors (Lipinski definition) is 0. The second kappa shape index (κ2) is 9.27. The van der Waals surface area contributed by atoms with Crippen LogP contribution < -0.4 is 14.2 Å². The smallest absolute Gasteiger partial charge is 0.331 e. The van der Waals surface area contributed by atoms with E-state index in [-0.39, 0.29) is 10.7 Å². The second-order valence-electron chi connectivity index (χ2n) is 6.04. The van der Waals surface area contributed by atoms with Crippen molar-refractivity contribution in [1.29, 1.82) is 0 Å². The van der Waals surface area contributed by atoms with Crippen molar-refractivity contribution in [1.82, 2.24) is 4.90 Å². The predicted octanol–water partition coefficient (Wildman–Crippen LogP) is 3.16. The predicted molar refractivity (Wildman–Crippen MR) is 110 cm³/mol. The van der Waals surface area contributed by atoms with E-state index in [2.05, 4.69) is 0 Å². The Kier molecular flexibility index (Phi) is 6.53. The Morgan fingerprint density at radius 1 is 1.00 bits per heavy atom. The molecular formula is C21H17NO7S. The van der Waals surface area contributed by atoms with Gasteiger partial charge in [-0.15, -0.1) is 0 Å². The number of imide groups is 1. The molecule has 0 saturated carbocycles. The van der Waals surface area contributed by atoms with Gasteiger partial charge in [-0.05, 0) is 59.8 Å². The molecule has 8 nitrogen and oxygen atoms in total. The molecule has 1 fully saturated rings. The lowest BCUT2D eigenvalue weighted by atomic mass is 10.2. The molecule has 0 N–H and O–H groups in total. The zero-order valence-corrected chi connectivity index (χ0v) is 16.9. The van der Waals surface area contributed by atoms with Gasteiger partial charge in [0.25, 0.3) is 11.1 Å². The zero-order chi connectivity index (χ0) is 21.7. The molecule has 1 aliphatic rings. The normalized spacial score (nSPS) is 14.7. The molecule has 1 aliphatic heterocycles. The fraction of sp³-hybridized carbons (Fsp3) is 0.143. The van der Waals surface area contributed by atoms with Crippen molar-refractivity contribution >= 4 is 41.2 Å². The Balaban J connectivity index is 1.70. The number of methoxy groups -OCH3 is 2. The Morgan fingerprint density at radius 2 is 1.67 bits per heavy atom. The van der Waals surface area contributed by atoms with Gasteiger partial charge >= 0.3 is 5.97 Å². The number of esters is 1. The topological polar surface area (TPSA) is 99.2 Å². The number of amides is 2. The van der Waals surface area contributed by atoms with Crippen LogP contribution in [0.2, 0.25) is 0 Å². The largest absolute Gasteiger partial charge is 0.493 e. The van der Waals surface area contributed by atoms with Crippen molar-refractivity contribution in [2.45, 2.75) is 0 Å². The summed E-state index contributed by atoms with van der Waals surface area (Å²) in [5.41, 5.74) is 1.07. The minimum absolute atomic E-state index is 0.176. The molecule has 3 rings (SSSR count). The van der Waals surface area contributed by atoms with E-state index in [1.54, 1.807) is 18.2 Å². The number of carbonyl (C=O) groups excluding carboxylic acids is 4. The van der Waals surface area contributed by atoms with Gasteiger partial charge in [-0.2, -0.15) is 0 Å². The van der Waals surface area contributed by atoms with Crippen LogP contribution in [0.3, 0.4) is 0 Å². The summed E-state index contributed by atoms with van der Waals surface area (Å²) < 4.78 is 15.5. The van der Waals surface area contributed by atoms with Gasteiger partial charge in [0.1, 0.15) is 18.6 Å². The third kappa shape index (κ3) is 4.69. The van der Waals surface area contributed by atoms with Gasteiger partial charge in [0.2, 0.25) is 0 Å². The summed E-state index contributed by atoms with van der Waals surface area (Å²) >= 11 is 0.733. The summed E-state index contributed by atoms with van der Waals surface area (Å²) in [6, 6.07) is 10.9. The standard InChI is InChI=1S/C21H17NO7S/c1-27-16-8-5-14(9-17(16)28-2)10-18-20(25)22(21(26)30-18)11-19(24)29-15-6-3-13(12-23)4-7-15/h3-10,12H,11H2,1-2H3. The summed E-state index contributed by atoms with van der Waals surface area (Å²) in [6.07, 6.45) is 2.20. The number of ether oxygens (including phenoxy) is 3. The second-order valence-corrected chi connectivity index (χ2v) is 7.04. The van der Waals surface area contributed by atoms with Crippen LogP contribution >= 0.6 is 11.8 Å². The van der Waals surface area contributed by atoms with Gasteiger partial charge in [-0.1, -0.05) is 6.07 Å². The van der Waals surface area contributed by atoms with Gasteiger partial charge in [0.15, 0.2) is 11.5 Å². The molecular weight excluding hydrogens is 410 g/mol.